The van der Waals surface area contributed by atoms with Gasteiger partial charge in [-0.3, -0.25) is 9.59 Å². The van der Waals surface area contributed by atoms with Crippen LogP contribution in [0.25, 0.3) is 0 Å². The number of carbonyl (C=O) groups excluding carboxylic acids is 2. The number of likely N-dealkylation sites (tertiary alicyclic amines) is 1. The van der Waals surface area contributed by atoms with E-state index in [0.717, 1.165) is 5.56 Å². The normalized spacial score (nSPS) is 20.0. The number of hydrogen-bond acceptors (Lipinski definition) is 6. The summed E-state index contributed by atoms with van der Waals surface area (Å²) >= 11 is 0. The highest BCUT2D eigenvalue weighted by Crippen LogP contribution is 2.19. The molecule has 1 aliphatic rings. The summed E-state index contributed by atoms with van der Waals surface area (Å²) in [4.78, 5) is 37.5. The van der Waals surface area contributed by atoms with Gasteiger partial charge in [0, 0.05) is 6.54 Å². The zero-order valence-electron chi connectivity index (χ0n) is 15.0. The molecule has 1 aromatic carbocycles. The standard InChI is InChI=1S/C18H25N3O6/c1-10(22)15(17(25)21-8-2-3-14(21)18(26)27)20-16(24)13(19)9-11-4-6-12(23)7-5-11/h4-7,10,13-15,22-23H,2-3,8-9,19H2,1H3,(H,20,24)(H,26,27). The molecule has 0 aromatic heterocycles. The molecule has 0 aliphatic carbocycles. The van der Waals surface area contributed by atoms with E-state index in [9.17, 15) is 29.7 Å². The first-order chi connectivity index (χ1) is 12.7. The number of aliphatic carboxylic acids is 1. The maximum Gasteiger partial charge on any atom is 0.326 e. The molecule has 0 bridgehead atoms. The number of nitrogens with two attached hydrogens (primary N) is 1. The van der Waals surface area contributed by atoms with Crippen molar-refractivity contribution < 1.29 is 29.7 Å². The van der Waals surface area contributed by atoms with E-state index in [1.165, 1.54) is 24.0 Å². The van der Waals surface area contributed by atoms with E-state index in [4.69, 9.17) is 5.73 Å². The SMILES string of the molecule is CC(O)C(NC(=O)C(N)Cc1ccc(O)cc1)C(=O)N1CCCC1C(=O)O. The van der Waals surface area contributed by atoms with Crippen molar-refractivity contribution in [1.29, 1.82) is 0 Å². The van der Waals surface area contributed by atoms with Gasteiger partial charge in [-0.15, -0.1) is 0 Å². The van der Waals surface area contributed by atoms with E-state index in [1.54, 1.807) is 12.1 Å². The van der Waals surface area contributed by atoms with Gasteiger partial charge < -0.3 is 31.3 Å². The number of hydrogen-bond donors (Lipinski definition) is 5. The monoisotopic (exact) mass is 379 g/mol. The number of nitrogens with zero attached hydrogens (tertiary/aromatic N) is 1. The van der Waals surface area contributed by atoms with Crippen molar-refractivity contribution in [3.63, 3.8) is 0 Å². The fourth-order valence-corrected chi connectivity index (χ4v) is 3.09. The molecule has 0 spiro atoms. The van der Waals surface area contributed by atoms with Crippen LogP contribution >= 0.6 is 0 Å². The Bertz CT molecular complexity index is 691. The predicted molar refractivity (Wildman–Crippen MR) is 95.8 cm³/mol. The molecule has 1 fully saturated rings. The first-order valence-corrected chi connectivity index (χ1v) is 8.76. The van der Waals surface area contributed by atoms with Crippen LogP contribution in [0.2, 0.25) is 0 Å². The Morgan fingerprint density at radius 3 is 2.48 bits per heavy atom. The summed E-state index contributed by atoms with van der Waals surface area (Å²) in [7, 11) is 0. The first kappa shape index (κ1) is 20.7. The number of aromatic hydroxyl groups is 1. The van der Waals surface area contributed by atoms with Crippen molar-refractivity contribution in [3.05, 3.63) is 29.8 Å². The largest absolute Gasteiger partial charge is 0.508 e. The van der Waals surface area contributed by atoms with Gasteiger partial charge in [0.05, 0.1) is 12.1 Å². The summed E-state index contributed by atoms with van der Waals surface area (Å²) in [5, 5.41) is 30.9. The number of phenolic OH excluding ortho intramolecular Hbond substituents is 1. The number of carbonyl (C=O) groups is 3. The van der Waals surface area contributed by atoms with Crippen LogP contribution in [0.1, 0.15) is 25.3 Å². The average Bonchev–Trinajstić information content (AvgIpc) is 3.10. The minimum Gasteiger partial charge on any atom is -0.508 e. The third-order valence-corrected chi connectivity index (χ3v) is 4.60. The smallest absolute Gasteiger partial charge is 0.326 e. The van der Waals surface area contributed by atoms with Gasteiger partial charge in [-0.25, -0.2) is 4.79 Å². The maximum absolute atomic E-state index is 12.7. The highest BCUT2D eigenvalue weighted by molar-refractivity contribution is 5.92. The van der Waals surface area contributed by atoms with Crippen LogP contribution < -0.4 is 11.1 Å². The molecule has 0 saturated carbocycles. The van der Waals surface area contributed by atoms with Crippen LogP contribution in [0.3, 0.4) is 0 Å². The Morgan fingerprint density at radius 1 is 1.30 bits per heavy atom. The topological polar surface area (TPSA) is 153 Å². The molecule has 2 rings (SSSR count). The number of aliphatic hydroxyl groups excluding tert-OH is 1. The molecule has 0 radical (unpaired) electrons. The van der Waals surface area contributed by atoms with Gasteiger partial charge in [-0.2, -0.15) is 0 Å². The number of aliphatic hydroxyl groups is 1. The van der Waals surface area contributed by atoms with Crippen molar-refractivity contribution in [1.82, 2.24) is 10.2 Å². The van der Waals surface area contributed by atoms with Crippen molar-refractivity contribution in [2.75, 3.05) is 6.54 Å². The summed E-state index contributed by atoms with van der Waals surface area (Å²) in [5.74, 6) is -2.29. The van der Waals surface area contributed by atoms with Gasteiger partial charge in [0.15, 0.2) is 0 Å². The molecular weight excluding hydrogens is 354 g/mol. The van der Waals surface area contributed by atoms with Crippen molar-refractivity contribution in [2.45, 2.75) is 50.4 Å². The molecule has 1 aromatic rings. The third-order valence-electron chi connectivity index (χ3n) is 4.60. The third kappa shape index (κ3) is 5.18. The molecule has 1 saturated heterocycles. The van der Waals surface area contributed by atoms with Crippen LogP contribution in [-0.4, -0.2) is 68.8 Å². The molecule has 148 valence electrons. The summed E-state index contributed by atoms with van der Waals surface area (Å²) in [6, 6.07) is 2.99. The fourth-order valence-electron chi connectivity index (χ4n) is 3.09. The van der Waals surface area contributed by atoms with Crippen LogP contribution in [0, 0.1) is 0 Å². The number of benzene rings is 1. The number of nitrogens with one attached hydrogen (secondary N) is 1. The zero-order valence-corrected chi connectivity index (χ0v) is 15.0. The van der Waals surface area contributed by atoms with Crippen LogP contribution in [-0.2, 0) is 20.8 Å². The quantitative estimate of drug-likeness (QED) is 0.416. The Kier molecular flexibility index (Phi) is 6.75. The van der Waals surface area contributed by atoms with Gasteiger partial charge in [0.25, 0.3) is 0 Å². The van der Waals surface area contributed by atoms with E-state index in [-0.39, 0.29) is 18.7 Å². The number of rotatable bonds is 7. The van der Waals surface area contributed by atoms with E-state index < -0.39 is 42.0 Å². The molecule has 1 heterocycles. The summed E-state index contributed by atoms with van der Waals surface area (Å²) < 4.78 is 0. The van der Waals surface area contributed by atoms with Gasteiger partial charge in [-0.1, -0.05) is 12.1 Å². The second-order valence-electron chi connectivity index (χ2n) is 6.73. The molecule has 4 atom stereocenters. The fraction of sp³-hybridized carbons (Fsp3) is 0.500. The highest BCUT2D eigenvalue weighted by atomic mass is 16.4. The van der Waals surface area contributed by atoms with Crippen LogP contribution in [0.5, 0.6) is 5.75 Å². The van der Waals surface area contributed by atoms with Gasteiger partial charge in [-0.05, 0) is 43.9 Å². The van der Waals surface area contributed by atoms with E-state index in [2.05, 4.69) is 5.32 Å². The van der Waals surface area contributed by atoms with E-state index in [0.29, 0.717) is 12.8 Å². The highest BCUT2D eigenvalue weighted by Gasteiger charge is 2.39. The number of phenols is 1. The van der Waals surface area contributed by atoms with Crippen molar-refractivity contribution in [3.8, 4) is 5.75 Å². The maximum atomic E-state index is 12.7. The van der Waals surface area contributed by atoms with Gasteiger partial charge in [0.1, 0.15) is 17.8 Å². The minimum atomic E-state index is -1.27. The van der Waals surface area contributed by atoms with Crippen molar-refractivity contribution >= 4 is 17.8 Å². The molecular formula is C18H25N3O6. The molecule has 1 aliphatic heterocycles. The van der Waals surface area contributed by atoms with Crippen LogP contribution in [0.4, 0.5) is 0 Å². The lowest BCUT2D eigenvalue weighted by Crippen LogP contribution is -2.58. The Morgan fingerprint density at radius 2 is 1.93 bits per heavy atom. The number of carboxylic acid groups (broad SMARTS) is 1. The lowest BCUT2D eigenvalue weighted by molar-refractivity contribution is -0.150. The summed E-state index contributed by atoms with van der Waals surface area (Å²) in [6.45, 7) is 1.61. The molecule has 9 heteroatoms. The van der Waals surface area contributed by atoms with Gasteiger partial charge >= 0.3 is 5.97 Å². The molecule has 2 amide bonds. The molecule has 6 N–H and O–H groups in total. The van der Waals surface area contributed by atoms with E-state index in [1.807, 2.05) is 0 Å². The van der Waals surface area contributed by atoms with Gasteiger partial charge in [0.2, 0.25) is 11.8 Å². The Labute approximate surface area is 156 Å². The minimum absolute atomic E-state index is 0.0927. The van der Waals surface area contributed by atoms with Crippen molar-refractivity contribution in [2.24, 2.45) is 5.73 Å². The lowest BCUT2D eigenvalue weighted by atomic mass is 10.0. The first-order valence-electron chi connectivity index (χ1n) is 8.76. The Hall–Kier alpha value is -2.65. The Balaban J connectivity index is 2.03. The lowest BCUT2D eigenvalue weighted by Gasteiger charge is -2.29. The summed E-state index contributed by atoms with van der Waals surface area (Å²) in [5.41, 5.74) is 6.61. The molecule has 4 unspecified atom stereocenters. The second-order valence-corrected chi connectivity index (χ2v) is 6.73. The van der Waals surface area contributed by atoms with Crippen LogP contribution in [0.15, 0.2) is 24.3 Å². The molecule has 9 nitrogen and oxygen atoms in total. The summed E-state index contributed by atoms with van der Waals surface area (Å²) in [6.07, 6.45) is -0.155. The second kappa shape index (κ2) is 8.83. The average molecular weight is 379 g/mol. The molecule has 27 heavy (non-hydrogen) atoms. The number of carboxylic acids is 1. The zero-order chi connectivity index (χ0) is 20.1. The predicted octanol–water partition coefficient (Wildman–Crippen LogP) is -0.797. The van der Waals surface area contributed by atoms with E-state index >= 15 is 0 Å². The number of amides is 2.